The van der Waals surface area contributed by atoms with Gasteiger partial charge in [-0.05, 0) is 67.4 Å². The molecule has 0 aromatic heterocycles. The number of non-ortho nitro benzene ring substituents is 1. The van der Waals surface area contributed by atoms with Crippen LogP contribution in [0, 0.1) is 22.0 Å². The summed E-state index contributed by atoms with van der Waals surface area (Å²) in [4.78, 5) is 77.3. The van der Waals surface area contributed by atoms with E-state index in [1.807, 2.05) is 0 Å². The largest absolute Gasteiger partial charge is 0.497 e. The number of halogens is 2. The van der Waals surface area contributed by atoms with Gasteiger partial charge in [0.1, 0.15) is 18.0 Å². The van der Waals surface area contributed by atoms with E-state index in [2.05, 4.69) is 31.9 Å². The summed E-state index contributed by atoms with van der Waals surface area (Å²) >= 11 is 7.07. The lowest BCUT2D eigenvalue weighted by atomic mass is 9.81. The standard InChI is InChI=1S/C31H25Br2N3O9/c1-44-22-4-2-3-19(13-22)31(41)45-21-11-7-17(8-12-21)27(37)16-34(28(38)18-5-9-20(10-6-18)36(42)43)35-29(39)23-14-25(32)26(33)15-24(23)30(35)40/h2-13,23-26H,14-16H2,1H3/t23-,24+,25-,26-/m0/s1. The molecule has 45 heavy (non-hydrogen) atoms. The number of methoxy groups -OCH3 is 1. The first-order valence-corrected chi connectivity index (χ1v) is 15.5. The molecule has 14 heteroatoms. The Morgan fingerprint density at radius 3 is 2.00 bits per heavy atom. The van der Waals surface area contributed by atoms with Crippen LogP contribution in [0.3, 0.4) is 0 Å². The monoisotopic (exact) mass is 741 g/mol. The molecule has 2 aliphatic rings. The number of hydrogen-bond acceptors (Lipinski definition) is 9. The minimum atomic E-state index is -0.854. The van der Waals surface area contributed by atoms with E-state index in [4.69, 9.17) is 9.47 Å². The van der Waals surface area contributed by atoms with Gasteiger partial charge in [0.05, 0.1) is 29.4 Å². The lowest BCUT2D eigenvalue weighted by molar-refractivity contribution is -0.384. The van der Waals surface area contributed by atoms with Crippen LogP contribution in [0.25, 0.3) is 0 Å². The highest BCUT2D eigenvalue weighted by molar-refractivity contribution is 9.12. The molecule has 3 amide bonds. The third-order valence-electron chi connectivity index (χ3n) is 7.67. The summed E-state index contributed by atoms with van der Waals surface area (Å²) in [6.07, 6.45) is 0.705. The van der Waals surface area contributed by atoms with E-state index < -0.39 is 52.8 Å². The van der Waals surface area contributed by atoms with Gasteiger partial charge in [0.25, 0.3) is 23.4 Å². The molecule has 5 rings (SSSR count). The number of hydrazine groups is 1. The number of Topliss-reactive ketones (excluding diaryl/α,β-unsaturated/α-hetero) is 1. The summed E-state index contributed by atoms with van der Waals surface area (Å²) in [7, 11) is 1.47. The van der Waals surface area contributed by atoms with Crippen molar-refractivity contribution in [3.8, 4) is 11.5 Å². The van der Waals surface area contributed by atoms with Gasteiger partial charge in [-0.3, -0.25) is 29.3 Å². The lowest BCUT2D eigenvalue weighted by Gasteiger charge is -2.30. The Kier molecular flexibility index (Phi) is 9.44. The van der Waals surface area contributed by atoms with Crippen LogP contribution in [0.4, 0.5) is 5.69 Å². The number of carbonyl (C=O) groups excluding carboxylic acids is 5. The third-order valence-corrected chi connectivity index (χ3v) is 10.4. The van der Waals surface area contributed by atoms with E-state index in [-0.39, 0.29) is 37.8 Å². The minimum Gasteiger partial charge on any atom is -0.497 e. The number of amides is 3. The second-order valence-electron chi connectivity index (χ2n) is 10.4. The number of ketones is 1. The van der Waals surface area contributed by atoms with Crippen molar-refractivity contribution >= 4 is 67.0 Å². The van der Waals surface area contributed by atoms with Gasteiger partial charge in [-0.25, -0.2) is 9.80 Å². The summed E-state index contributed by atoms with van der Waals surface area (Å²) in [6.45, 7) is -0.675. The smallest absolute Gasteiger partial charge is 0.343 e. The Balaban J connectivity index is 1.38. The number of nitro benzene ring substituents is 1. The van der Waals surface area contributed by atoms with Crippen LogP contribution in [-0.2, 0) is 9.59 Å². The molecule has 0 N–H and O–H groups in total. The van der Waals surface area contributed by atoms with Gasteiger partial charge >= 0.3 is 5.97 Å². The van der Waals surface area contributed by atoms with Gasteiger partial charge in [0.2, 0.25) is 0 Å². The van der Waals surface area contributed by atoms with Crippen molar-refractivity contribution in [2.24, 2.45) is 11.8 Å². The SMILES string of the molecule is COc1cccc(C(=O)Oc2ccc(C(=O)CN(C(=O)c3ccc([N+](=O)[O-])cc3)N3C(=O)[C@H]4C[C@H](Br)[C@@H](Br)C[C@H]4C3=O)cc2)c1. The maximum absolute atomic E-state index is 13.7. The highest BCUT2D eigenvalue weighted by atomic mass is 79.9. The highest BCUT2D eigenvalue weighted by Gasteiger charge is 2.54. The van der Waals surface area contributed by atoms with Gasteiger partial charge in [-0.15, -0.1) is 0 Å². The summed E-state index contributed by atoms with van der Waals surface area (Å²) in [5.74, 6) is -4.04. The highest BCUT2D eigenvalue weighted by Crippen LogP contribution is 2.43. The van der Waals surface area contributed by atoms with Crippen molar-refractivity contribution in [2.45, 2.75) is 22.5 Å². The molecule has 232 valence electrons. The van der Waals surface area contributed by atoms with Crippen LogP contribution in [0.15, 0.2) is 72.8 Å². The van der Waals surface area contributed by atoms with Crippen molar-refractivity contribution in [3.63, 3.8) is 0 Å². The van der Waals surface area contributed by atoms with Gasteiger partial charge in [0, 0.05) is 32.9 Å². The molecule has 1 aliphatic carbocycles. The molecule has 0 spiro atoms. The molecule has 3 aromatic rings. The summed E-state index contributed by atoms with van der Waals surface area (Å²) in [5.41, 5.74) is 0.0657. The van der Waals surface area contributed by atoms with Crippen LogP contribution in [-0.4, -0.2) is 67.7 Å². The number of benzene rings is 3. The molecule has 12 nitrogen and oxygen atoms in total. The molecular weight excluding hydrogens is 718 g/mol. The summed E-state index contributed by atoms with van der Waals surface area (Å²) in [5, 5.41) is 12.7. The number of rotatable bonds is 9. The number of nitrogens with zero attached hydrogens (tertiary/aromatic N) is 3. The molecule has 1 aliphatic heterocycles. The average Bonchev–Trinajstić information content (AvgIpc) is 3.27. The second-order valence-corrected chi connectivity index (χ2v) is 12.8. The van der Waals surface area contributed by atoms with Gasteiger partial charge in [-0.2, -0.15) is 5.01 Å². The number of hydrogen-bond donors (Lipinski definition) is 0. The number of fused-ring (bicyclic) bond motifs is 1. The Hall–Kier alpha value is -4.43. The lowest BCUT2D eigenvalue weighted by Crippen LogP contribution is -2.52. The van der Waals surface area contributed by atoms with E-state index in [9.17, 15) is 34.1 Å². The van der Waals surface area contributed by atoms with Gasteiger partial charge in [-0.1, -0.05) is 37.9 Å². The fourth-order valence-electron chi connectivity index (χ4n) is 5.28. The minimum absolute atomic E-state index is 0.0552. The van der Waals surface area contributed by atoms with E-state index in [1.165, 1.54) is 49.6 Å². The zero-order valence-corrected chi connectivity index (χ0v) is 26.8. The van der Waals surface area contributed by atoms with Crippen molar-refractivity contribution in [1.29, 1.82) is 0 Å². The number of imide groups is 1. The molecule has 0 unspecified atom stereocenters. The number of alkyl halides is 2. The predicted molar refractivity (Wildman–Crippen MR) is 166 cm³/mol. The van der Waals surface area contributed by atoms with E-state index in [0.717, 1.165) is 22.2 Å². The fraction of sp³-hybridized carbons (Fsp3) is 0.258. The van der Waals surface area contributed by atoms with Crippen LogP contribution in [0.1, 0.15) is 43.9 Å². The van der Waals surface area contributed by atoms with Crippen molar-refractivity contribution in [3.05, 3.63) is 99.6 Å². The van der Waals surface area contributed by atoms with Crippen LogP contribution in [0.2, 0.25) is 0 Å². The molecular formula is C31H25Br2N3O9. The Morgan fingerprint density at radius 1 is 0.867 bits per heavy atom. The molecule has 0 bridgehead atoms. The Labute approximate surface area is 273 Å². The van der Waals surface area contributed by atoms with Crippen LogP contribution >= 0.6 is 31.9 Å². The zero-order valence-electron chi connectivity index (χ0n) is 23.6. The Morgan fingerprint density at radius 2 is 1.44 bits per heavy atom. The average molecular weight is 743 g/mol. The van der Waals surface area contributed by atoms with E-state index >= 15 is 0 Å². The first-order chi connectivity index (χ1) is 21.5. The summed E-state index contributed by atoms with van der Waals surface area (Å²) < 4.78 is 10.5. The molecule has 3 aromatic carbocycles. The third kappa shape index (κ3) is 6.66. The number of esters is 1. The van der Waals surface area contributed by atoms with Crippen LogP contribution in [0.5, 0.6) is 11.5 Å². The molecule has 1 saturated carbocycles. The van der Waals surface area contributed by atoms with Gasteiger partial charge < -0.3 is 9.47 Å². The normalized spacial score (nSPS) is 20.7. The van der Waals surface area contributed by atoms with E-state index in [1.54, 1.807) is 18.2 Å². The van der Waals surface area contributed by atoms with Crippen LogP contribution < -0.4 is 9.47 Å². The van der Waals surface area contributed by atoms with Crippen molar-refractivity contribution < 1.29 is 38.4 Å². The van der Waals surface area contributed by atoms with Crippen molar-refractivity contribution in [2.75, 3.05) is 13.7 Å². The number of ether oxygens (including phenoxy) is 2. The van der Waals surface area contributed by atoms with Crippen molar-refractivity contribution in [1.82, 2.24) is 10.0 Å². The van der Waals surface area contributed by atoms with E-state index in [0.29, 0.717) is 18.6 Å². The fourth-order valence-corrected chi connectivity index (χ4v) is 6.51. The Bertz CT molecular complexity index is 1650. The maximum Gasteiger partial charge on any atom is 0.343 e. The molecule has 1 saturated heterocycles. The molecule has 2 fully saturated rings. The quantitative estimate of drug-likeness (QED) is 0.0562. The first-order valence-electron chi connectivity index (χ1n) is 13.7. The zero-order chi connectivity index (χ0) is 32.4. The maximum atomic E-state index is 13.7. The molecule has 4 atom stereocenters. The topological polar surface area (TPSA) is 153 Å². The predicted octanol–water partition coefficient (Wildman–Crippen LogP) is 4.98. The molecule has 1 heterocycles. The first kappa shape index (κ1) is 32.0. The number of nitro groups is 1. The van der Waals surface area contributed by atoms with Gasteiger partial charge in [0.15, 0.2) is 5.78 Å². The second kappa shape index (κ2) is 13.3. The molecule has 0 radical (unpaired) electrons. The summed E-state index contributed by atoms with van der Waals surface area (Å²) in [6, 6.07) is 16.6. The number of carbonyl (C=O) groups is 5.